The van der Waals surface area contributed by atoms with Crippen LogP contribution in [0.15, 0.2) is 24.3 Å². The second-order valence-electron chi connectivity index (χ2n) is 13.6. The Labute approximate surface area is 277 Å². The number of aliphatic hydroxyl groups is 1. The molecule has 0 heterocycles. The number of phosphoric ester groups is 1. The van der Waals surface area contributed by atoms with Crippen molar-refractivity contribution in [2.45, 2.75) is 161 Å². The van der Waals surface area contributed by atoms with Crippen LogP contribution in [-0.4, -0.2) is 68.5 Å². The number of carbonyl (C=O) groups excluding carboxylic acids is 1. The van der Waals surface area contributed by atoms with Gasteiger partial charge in [0.25, 0.3) is 7.82 Å². The van der Waals surface area contributed by atoms with Crippen LogP contribution in [0.5, 0.6) is 0 Å². The summed E-state index contributed by atoms with van der Waals surface area (Å²) in [4.78, 5) is 25.0. The Balaban J connectivity index is 4.53. The van der Waals surface area contributed by atoms with Crippen molar-refractivity contribution in [3.63, 3.8) is 0 Å². The van der Waals surface area contributed by atoms with Crippen molar-refractivity contribution in [3.8, 4) is 0 Å². The fraction of sp³-hybridized carbons (Fsp3) is 0.861. The van der Waals surface area contributed by atoms with Gasteiger partial charge in [0.1, 0.15) is 13.2 Å². The van der Waals surface area contributed by atoms with Gasteiger partial charge >= 0.3 is 0 Å². The minimum Gasteiger partial charge on any atom is -0.756 e. The van der Waals surface area contributed by atoms with E-state index in [0.29, 0.717) is 17.4 Å². The molecule has 266 valence electrons. The molecule has 45 heavy (non-hydrogen) atoms. The van der Waals surface area contributed by atoms with E-state index in [1.807, 2.05) is 27.2 Å². The minimum atomic E-state index is -4.58. The first-order chi connectivity index (χ1) is 21.5. The molecule has 0 spiro atoms. The summed E-state index contributed by atoms with van der Waals surface area (Å²) in [7, 11) is 1.24. The van der Waals surface area contributed by atoms with E-state index in [4.69, 9.17) is 9.05 Å². The average molecular weight is 659 g/mol. The summed E-state index contributed by atoms with van der Waals surface area (Å²) in [5.74, 6) is -0.211. The Morgan fingerprint density at radius 3 is 1.80 bits per heavy atom. The fourth-order valence-electron chi connectivity index (χ4n) is 4.93. The number of likely N-dealkylation sites (N-methyl/N-ethyl adjacent to an activating group) is 1. The fourth-order valence-corrected chi connectivity index (χ4v) is 5.65. The van der Waals surface area contributed by atoms with Gasteiger partial charge in [-0.2, -0.15) is 0 Å². The highest BCUT2D eigenvalue weighted by atomic mass is 31.2. The monoisotopic (exact) mass is 659 g/mol. The van der Waals surface area contributed by atoms with Crippen LogP contribution in [0.3, 0.4) is 0 Å². The van der Waals surface area contributed by atoms with Crippen LogP contribution in [0.1, 0.15) is 149 Å². The molecule has 0 rings (SSSR count). The number of rotatable bonds is 32. The lowest BCUT2D eigenvalue weighted by Crippen LogP contribution is -2.45. The molecule has 0 radical (unpaired) electrons. The molecule has 0 aromatic heterocycles. The van der Waals surface area contributed by atoms with E-state index in [1.165, 1.54) is 89.9 Å². The lowest BCUT2D eigenvalue weighted by Gasteiger charge is -2.29. The van der Waals surface area contributed by atoms with Crippen molar-refractivity contribution in [1.29, 1.82) is 0 Å². The van der Waals surface area contributed by atoms with Crippen molar-refractivity contribution in [2.24, 2.45) is 0 Å². The zero-order chi connectivity index (χ0) is 33.7. The first-order valence-corrected chi connectivity index (χ1v) is 19.7. The van der Waals surface area contributed by atoms with E-state index in [2.05, 4.69) is 31.3 Å². The van der Waals surface area contributed by atoms with Gasteiger partial charge in [0.15, 0.2) is 0 Å². The number of nitrogens with zero attached hydrogens (tertiary/aromatic N) is 1. The summed E-state index contributed by atoms with van der Waals surface area (Å²) in [6.07, 6.45) is 30.8. The summed E-state index contributed by atoms with van der Waals surface area (Å²) in [5, 5.41) is 13.6. The molecule has 1 amide bonds. The predicted octanol–water partition coefficient (Wildman–Crippen LogP) is 8.38. The molecule has 2 N–H and O–H groups in total. The van der Waals surface area contributed by atoms with Gasteiger partial charge in [-0.1, -0.05) is 134 Å². The van der Waals surface area contributed by atoms with E-state index >= 15 is 0 Å². The van der Waals surface area contributed by atoms with Gasteiger partial charge in [-0.15, -0.1) is 0 Å². The lowest BCUT2D eigenvalue weighted by atomic mass is 10.0. The van der Waals surface area contributed by atoms with Crippen molar-refractivity contribution in [1.82, 2.24) is 5.32 Å². The molecule has 0 aromatic rings. The summed E-state index contributed by atoms with van der Waals surface area (Å²) in [5.41, 5.74) is 0. The number of hydrogen-bond acceptors (Lipinski definition) is 6. The molecule has 3 unspecified atom stereocenters. The largest absolute Gasteiger partial charge is 0.756 e. The maximum absolute atomic E-state index is 12.7. The molecule has 3 atom stereocenters. The first kappa shape index (κ1) is 44.0. The molecule has 0 aliphatic rings. The summed E-state index contributed by atoms with van der Waals surface area (Å²) < 4.78 is 23.0. The molecular formula is C36H71N2O6P. The van der Waals surface area contributed by atoms with Crippen molar-refractivity contribution < 1.29 is 32.9 Å². The molecule has 0 aliphatic carbocycles. The van der Waals surface area contributed by atoms with E-state index in [1.54, 1.807) is 6.08 Å². The molecule has 0 saturated carbocycles. The van der Waals surface area contributed by atoms with Crippen LogP contribution >= 0.6 is 7.82 Å². The SMILES string of the molecule is CCCCC/C=C/CC/C=C/C(O)C(COP(=O)([O-])OCC[N+](C)(C)C)NC(=O)CCCCCCCCCCCCCCCC. The number of unbranched alkanes of at least 4 members (excludes halogenated alkanes) is 17. The Bertz CT molecular complexity index is 799. The van der Waals surface area contributed by atoms with Crippen molar-refractivity contribution in [3.05, 3.63) is 24.3 Å². The zero-order valence-electron chi connectivity index (χ0n) is 29.8. The first-order valence-electron chi connectivity index (χ1n) is 18.2. The van der Waals surface area contributed by atoms with Gasteiger partial charge in [0, 0.05) is 6.42 Å². The summed E-state index contributed by atoms with van der Waals surface area (Å²) in [6, 6.07) is -0.894. The van der Waals surface area contributed by atoms with Crippen LogP contribution < -0.4 is 10.2 Å². The van der Waals surface area contributed by atoms with Crippen LogP contribution in [0.25, 0.3) is 0 Å². The smallest absolute Gasteiger partial charge is 0.268 e. The van der Waals surface area contributed by atoms with Crippen LogP contribution in [0, 0.1) is 0 Å². The molecule has 0 bridgehead atoms. The van der Waals surface area contributed by atoms with E-state index in [-0.39, 0.29) is 12.5 Å². The van der Waals surface area contributed by atoms with Crippen molar-refractivity contribution >= 4 is 13.7 Å². The Morgan fingerprint density at radius 1 is 0.756 bits per heavy atom. The second kappa shape index (κ2) is 29.1. The molecule has 0 aliphatic heterocycles. The quantitative estimate of drug-likeness (QED) is 0.0325. The maximum Gasteiger partial charge on any atom is 0.268 e. The van der Waals surface area contributed by atoms with Crippen molar-refractivity contribution in [2.75, 3.05) is 40.9 Å². The Kier molecular flexibility index (Phi) is 28.5. The van der Waals surface area contributed by atoms with Crippen LogP contribution in [0.2, 0.25) is 0 Å². The highest BCUT2D eigenvalue weighted by Crippen LogP contribution is 2.38. The number of hydrogen-bond donors (Lipinski definition) is 2. The highest BCUT2D eigenvalue weighted by Gasteiger charge is 2.23. The standard InChI is InChI=1S/C36H71N2O6P/c1-6-8-10-12-14-16-17-18-19-20-22-24-26-28-30-36(40)37-34(33-44-45(41,42)43-32-31-38(3,4)5)35(39)29-27-25-23-21-15-13-11-9-7-2/h15,21,27,29,34-35,39H,6-14,16-20,22-26,28,30-33H2,1-5H3,(H-,37,40,41,42)/b21-15+,29-27+. The highest BCUT2D eigenvalue weighted by molar-refractivity contribution is 7.45. The Hall–Kier alpha value is -1.02. The van der Waals surface area contributed by atoms with Crippen LogP contribution in [0.4, 0.5) is 0 Å². The third-order valence-electron chi connectivity index (χ3n) is 7.91. The molecule has 0 aromatic carbocycles. The molecule has 9 heteroatoms. The average Bonchev–Trinajstić information content (AvgIpc) is 2.97. The van der Waals surface area contributed by atoms with Crippen LogP contribution in [-0.2, 0) is 18.4 Å². The number of allylic oxidation sites excluding steroid dienone is 3. The Morgan fingerprint density at radius 2 is 1.24 bits per heavy atom. The zero-order valence-corrected chi connectivity index (χ0v) is 30.7. The maximum atomic E-state index is 12.7. The molecule has 8 nitrogen and oxygen atoms in total. The second-order valence-corrected chi connectivity index (χ2v) is 15.0. The number of carbonyl (C=O) groups is 1. The van der Waals surface area contributed by atoms with Gasteiger partial charge in [0.2, 0.25) is 5.91 Å². The van der Waals surface area contributed by atoms with E-state index in [0.717, 1.165) is 38.5 Å². The number of amides is 1. The molecular weight excluding hydrogens is 587 g/mol. The minimum absolute atomic E-state index is 0.00511. The third kappa shape index (κ3) is 31.4. The topological polar surface area (TPSA) is 108 Å². The number of phosphoric acid groups is 1. The predicted molar refractivity (Wildman–Crippen MR) is 187 cm³/mol. The van der Waals surface area contributed by atoms with Gasteiger partial charge < -0.3 is 28.8 Å². The van der Waals surface area contributed by atoms with E-state index < -0.39 is 26.6 Å². The van der Waals surface area contributed by atoms with Gasteiger partial charge in [-0.25, -0.2) is 0 Å². The number of quaternary nitrogens is 1. The number of nitrogens with one attached hydrogen (secondary N) is 1. The normalized spacial score (nSPS) is 15.1. The molecule has 0 saturated heterocycles. The lowest BCUT2D eigenvalue weighted by molar-refractivity contribution is -0.870. The third-order valence-corrected chi connectivity index (χ3v) is 8.88. The molecule has 0 fully saturated rings. The van der Waals surface area contributed by atoms with Gasteiger partial charge in [0.05, 0.1) is 39.9 Å². The van der Waals surface area contributed by atoms with Gasteiger partial charge in [-0.3, -0.25) is 9.36 Å². The number of aliphatic hydroxyl groups excluding tert-OH is 1. The van der Waals surface area contributed by atoms with Gasteiger partial charge in [-0.05, 0) is 32.1 Å². The van der Waals surface area contributed by atoms with E-state index in [9.17, 15) is 19.4 Å². The summed E-state index contributed by atoms with van der Waals surface area (Å²) >= 11 is 0. The summed E-state index contributed by atoms with van der Waals surface area (Å²) in [6.45, 7) is 4.54.